The minimum Gasteiger partial charge on any atom is -0.493 e. The van der Waals surface area contributed by atoms with Crippen molar-refractivity contribution in [3.8, 4) is 5.75 Å². The van der Waals surface area contributed by atoms with Crippen molar-refractivity contribution in [1.29, 1.82) is 0 Å². The Labute approximate surface area is 179 Å². The highest BCUT2D eigenvalue weighted by Gasteiger charge is 2.60. The van der Waals surface area contributed by atoms with E-state index in [9.17, 15) is 10.2 Å². The number of fused-ring (bicyclic) bond motifs is 3. The first kappa shape index (κ1) is 21.4. The molecule has 1 fully saturated rings. The Bertz CT molecular complexity index is 878. The van der Waals surface area contributed by atoms with Crippen LogP contribution in [0.1, 0.15) is 62.6 Å². The molecule has 4 atom stereocenters. The number of aliphatic hydroxyl groups excluding tert-OH is 1. The Morgan fingerprint density at radius 2 is 1.87 bits per heavy atom. The molecule has 0 heterocycles. The third-order valence-corrected chi connectivity index (χ3v) is 7.70. The highest BCUT2D eigenvalue weighted by Crippen LogP contribution is 2.60. The largest absolute Gasteiger partial charge is 0.493 e. The maximum Gasteiger partial charge on any atom is 0.119 e. The Hall–Kier alpha value is -1.88. The normalized spacial score (nSPS) is 32.9. The molecule has 0 aliphatic heterocycles. The summed E-state index contributed by atoms with van der Waals surface area (Å²) in [4.78, 5) is 0. The van der Waals surface area contributed by atoms with Gasteiger partial charge >= 0.3 is 0 Å². The van der Waals surface area contributed by atoms with Crippen LogP contribution in [-0.2, 0) is 17.4 Å². The van der Waals surface area contributed by atoms with Crippen molar-refractivity contribution in [2.75, 3.05) is 13.2 Å². The van der Waals surface area contributed by atoms with E-state index in [0.29, 0.717) is 31.8 Å². The van der Waals surface area contributed by atoms with Crippen molar-refractivity contribution >= 4 is 0 Å². The standard InChI is InChI=1S/C26H34O4/c1-3-25-18-24(2,28)26(29,20-8-5-4-6-9-20)17-21(25)11-10-19-16-22(12-13-23(19)25)30-15-7-14-27/h4-6,8-9,12-13,16,21,27-29H,3,7,10-11,14-15,17-18H2,1-2H3. The number of ether oxygens (including phenoxy) is 1. The van der Waals surface area contributed by atoms with Gasteiger partial charge in [-0.1, -0.05) is 43.3 Å². The number of aryl methyl sites for hydroxylation is 1. The van der Waals surface area contributed by atoms with Gasteiger partial charge in [0.1, 0.15) is 11.4 Å². The Morgan fingerprint density at radius 1 is 1.10 bits per heavy atom. The van der Waals surface area contributed by atoms with Crippen LogP contribution in [0.15, 0.2) is 48.5 Å². The van der Waals surface area contributed by atoms with E-state index in [2.05, 4.69) is 19.1 Å². The lowest BCUT2D eigenvalue weighted by molar-refractivity contribution is -0.205. The third-order valence-electron chi connectivity index (χ3n) is 7.70. The van der Waals surface area contributed by atoms with Gasteiger partial charge in [0, 0.05) is 18.4 Å². The van der Waals surface area contributed by atoms with Crippen molar-refractivity contribution in [2.24, 2.45) is 5.92 Å². The van der Waals surface area contributed by atoms with Crippen LogP contribution in [0, 0.1) is 5.92 Å². The van der Waals surface area contributed by atoms with Crippen molar-refractivity contribution in [1.82, 2.24) is 0 Å². The van der Waals surface area contributed by atoms with E-state index < -0.39 is 11.2 Å². The molecule has 2 aromatic carbocycles. The number of rotatable bonds is 6. The third kappa shape index (κ3) is 3.35. The molecule has 1 saturated carbocycles. The number of hydrogen-bond acceptors (Lipinski definition) is 4. The van der Waals surface area contributed by atoms with E-state index in [1.54, 1.807) is 6.92 Å². The first-order chi connectivity index (χ1) is 14.4. The van der Waals surface area contributed by atoms with Gasteiger partial charge in [0.05, 0.1) is 12.2 Å². The molecule has 162 valence electrons. The summed E-state index contributed by atoms with van der Waals surface area (Å²) in [5.41, 5.74) is 0.760. The minimum absolute atomic E-state index is 0.130. The van der Waals surface area contributed by atoms with Gasteiger partial charge in [0.2, 0.25) is 0 Å². The van der Waals surface area contributed by atoms with Crippen LogP contribution in [0.25, 0.3) is 0 Å². The zero-order valence-corrected chi connectivity index (χ0v) is 18.1. The van der Waals surface area contributed by atoms with Crippen molar-refractivity contribution in [3.05, 3.63) is 65.2 Å². The summed E-state index contributed by atoms with van der Waals surface area (Å²) in [5.74, 6) is 1.15. The molecule has 30 heavy (non-hydrogen) atoms. The highest BCUT2D eigenvalue weighted by atomic mass is 16.5. The summed E-state index contributed by atoms with van der Waals surface area (Å²) in [6, 6.07) is 16.0. The fraction of sp³-hybridized carbons (Fsp3) is 0.538. The molecule has 4 rings (SSSR count). The van der Waals surface area contributed by atoms with E-state index in [1.807, 2.05) is 36.4 Å². The Morgan fingerprint density at radius 3 is 2.57 bits per heavy atom. The van der Waals surface area contributed by atoms with E-state index in [1.165, 1.54) is 11.1 Å². The molecule has 4 heteroatoms. The van der Waals surface area contributed by atoms with Crippen LogP contribution in [0.2, 0.25) is 0 Å². The second-order valence-corrected chi connectivity index (χ2v) is 9.37. The van der Waals surface area contributed by atoms with Gasteiger partial charge in [-0.3, -0.25) is 0 Å². The predicted molar refractivity (Wildman–Crippen MR) is 118 cm³/mol. The maximum absolute atomic E-state index is 11.7. The molecule has 4 unspecified atom stereocenters. The SMILES string of the molecule is CCC12CC(C)(O)C(O)(c3ccccc3)CC1CCc1cc(OCCCO)ccc12. The lowest BCUT2D eigenvalue weighted by atomic mass is 9.49. The van der Waals surface area contributed by atoms with Crippen LogP contribution in [0.5, 0.6) is 5.75 Å². The number of hydrogen-bond donors (Lipinski definition) is 3. The number of benzene rings is 2. The molecule has 2 aliphatic carbocycles. The molecule has 0 spiro atoms. The second kappa shape index (κ2) is 7.99. The molecule has 2 aliphatic rings. The van der Waals surface area contributed by atoms with Gasteiger partial charge in [-0.25, -0.2) is 0 Å². The van der Waals surface area contributed by atoms with E-state index in [-0.39, 0.29) is 12.0 Å². The lowest BCUT2D eigenvalue weighted by Crippen LogP contribution is -2.62. The summed E-state index contributed by atoms with van der Waals surface area (Å²) in [6.07, 6.45) is 4.59. The predicted octanol–water partition coefficient (Wildman–Crippen LogP) is 4.09. The molecular formula is C26H34O4. The van der Waals surface area contributed by atoms with Gasteiger partial charge in [0.25, 0.3) is 0 Å². The van der Waals surface area contributed by atoms with Gasteiger partial charge < -0.3 is 20.1 Å². The van der Waals surface area contributed by atoms with Crippen molar-refractivity contribution in [3.63, 3.8) is 0 Å². The van der Waals surface area contributed by atoms with Crippen molar-refractivity contribution in [2.45, 2.75) is 69.0 Å². The molecule has 4 nitrogen and oxygen atoms in total. The van der Waals surface area contributed by atoms with Crippen LogP contribution in [0.3, 0.4) is 0 Å². The molecule has 3 N–H and O–H groups in total. The lowest BCUT2D eigenvalue weighted by Gasteiger charge is -2.59. The summed E-state index contributed by atoms with van der Waals surface area (Å²) in [5, 5.41) is 32.3. The van der Waals surface area contributed by atoms with Gasteiger partial charge in [-0.15, -0.1) is 0 Å². The molecule has 0 radical (unpaired) electrons. The molecule has 0 amide bonds. The highest BCUT2D eigenvalue weighted by molar-refractivity contribution is 5.45. The maximum atomic E-state index is 11.7. The molecule has 2 aromatic rings. The monoisotopic (exact) mass is 410 g/mol. The molecule has 0 aromatic heterocycles. The van der Waals surface area contributed by atoms with Crippen LogP contribution >= 0.6 is 0 Å². The average molecular weight is 411 g/mol. The first-order valence-electron chi connectivity index (χ1n) is 11.2. The van der Waals surface area contributed by atoms with Crippen LogP contribution in [0.4, 0.5) is 0 Å². The molecule has 0 saturated heterocycles. The van der Waals surface area contributed by atoms with Gasteiger partial charge in [-0.05, 0) is 73.8 Å². The summed E-state index contributed by atoms with van der Waals surface area (Å²) >= 11 is 0. The fourth-order valence-corrected chi connectivity index (χ4v) is 6.05. The van der Waals surface area contributed by atoms with E-state index >= 15 is 0 Å². The van der Waals surface area contributed by atoms with E-state index in [0.717, 1.165) is 30.6 Å². The zero-order chi connectivity index (χ0) is 21.4. The second-order valence-electron chi connectivity index (χ2n) is 9.37. The summed E-state index contributed by atoms with van der Waals surface area (Å²) < 4.78 is 5.80. The van der Waals surface area contributed by atoms with Crippen LogP contribution in [-0.4, -0.2) is 34.1 Å². The van der Waals surface area contributed by atoms with Crippen molar-refractivity contribution < 1.29 is 20.1 Å². The fourth-order valence-electron chi connectivity index (χ4n) is 6.05. The number of aliphatic hydroxyl groups is 3. The summed E-state index contributed by atoms with van der Waals surface area (Å²) in [7, 11) is 0. The van der Waals surface area contributed by atoms with Gasteiger partial charge in [0.15, 0.2) is 0 Å². The van der Waals surface area contributed by atoms with Gasteiger partial charge in [-0.2, -0.15) is 0 Å². The average Bonchev–Trinajstić information content (AvgIpc) is 2.75. The minimum atomic E-state index is -1.25. The smallest absolute Gasteiger partial charge is 0.119 e. The quantitative estimate of drug-likeness (QED) is 0.628. The topological polar surface area (TPSA) is 69.9 Å². The zero-order valence-electron chi connectivity index (χ0n) is 18.1. The molecule has 0 bridgehead atoms. The molecular weight excluding hydrogens is 376 g/mol. The Balaban J connectivity index is 1.70. The van der Waals surface area contributed by atoms with E-state index in [4.69, 9.17) is 9.84 Å². The Kier molecular flexibility index (Phi) is 5.69. The first-order valence-corrected chi connectivity index (χ1v) is 11.2. The summed E-state index contributed by atoms with van der Waals surface area (Å²) in [6.45, 7) is 4.64. The van der Waals surface area contributed by atoms with Crippen LogP contribution < -0.4 is 4.74 Å².